The molecule has 0 bridgehead atoms. The number of carboxylic acids is 1. The van der Waals surface area contributed by atoms with E-state index in [0.29, 0.717) is 55.0 Å². The lowest BCUT2D eigenvalue weighted by Gasteiger charge is -2.34. The summed E-state index contributed by atoms with van der Waals surface area (Å²) in [6.07, 6.45) is 5.55. The van der Waals surface area contributed by atoms with E-state index in [-0.39, 0.29) is 31.3 Å². The highest BCUT2D eigenvalue weighted by molar-refractivity contribution is 5.96. The molecule has 1 saturated heterocycles. The van der Waals surface area contributed by atoms with Crippen LogP contribution in [0, 0.1) is 0 Å². The van der Waals surface area contributed by atoms with Gasteiger partial charge >= 0.3 is 12.1 Å². The Kier molecular flexibility index (Phi) is 10.0. The molecule has 0 unspecified atom stereocenters. The summed E-state index contributed by atoms with van der Waals surface area (Å²) >= 11 is 0. The van der Waals surface area contributed by atoms with Crippen LogP contribution in [0.5, 0.6) is 0 Å². The number of hydrogen-bond donors (Lipinski definition) is 4. The van der Waals surface area contributed by atoms with Gasteiger partial charge in [-0.15, -0.1) is 0 Å². The van der Waals surface area contributed by atoms with Gasteiger partial charge in [-0.25, -0.2) is 9.78 Å². The number of rotatable bonds is 11. The quantitative estimate of drug-likeness (QED) is 0.250. The molecule has 5 N–H and O–H groups in total. The number of aromatic amines is 1. The monoisotopic (exact) mass is 574 g/mol. The summed E-state index contributed by atoms with van der Waals surface area (Å²) < 4.78 is 4.96. The van der Waals surface area contributed by atoms with E-state index in [2.05, 4.69) is 36.7 Å². The van der Waals surface area contributed by atoms with Crippen molar-refractivity contribution < 1.29 is 24.2 Å². The molecule has 1 aliphatic heterocycles. The van der Waals surface area contributed by atoms with E-state index < -0.39 is 12.1 Å². The lowest BCUT2D eigenvalue weighted by Crippen LogP contribution is -2.48. The summed E-state index contributed by atoms with van der Waals surface area (Å²) in [7, 11) is 0. The number of ether oxygens (including phenoxy) is 1. The number of fused-ring (bicyclic) bond motifs is 1. The molecule has 4 rings (SSSR count). The zero-order chi connectivity index (χ0) is 30.1. The maximum atomic E-state index is 12.2. The summed E-state index contributed by atoms with van der Waals surface area (Å²) in [5.41, 5.74) is 10.4. The number of H-pyrrole nitrogens is 1. The van der Waals surface area contributed by atoms with Crippen molar-refractivity contribution in [2.45, 2.75) is 26.3 Å². The molecular weight excluding hydrogens is 540 g/mol. The molecule has 0 aliphatic carbocycles. The molecule has 0 atom stereocenters. The molecule has 2 aromatic heterocycles. The molecule has 3 heterocycles. The van der Waals surface area contributed by atoms with Crippen LogP contribution in [-0.2, 0) is 20.9 Å². The summed E-state index contributed by atoms with van der Waals surface area (Å²) in [6.45, 7) is 9.16. The van der Waals surface area contributed by atoms with Crippen molar-refractivity contribution in [1.82, 2.24) is 24.8 Å². The van der Waals surface area contributed by atoms with Gasteiger partial charge in [-0.1, -0.05) is 12.6 Å². The maximum Gasteiger partial charge on any atom is 0.413 e. The van der Waals surface area contributed by atoms with Crippen LogP contribution in [0.1, 0.15) is 31.0 Å². The minimum absolute atomic E-state index is 0.0256. The zero-order valence-electron chi connectivity index (χ0n) is 23.4. The van der Waals surface area contributed by atoms with E-state index in [1.54, 1.807) is 24.1 Å². The molecule has 1 aliphatic rings. The van der Waals surface area contributed by atoms with Crippen LogP contribution < -0.4 is 11.1 Å². The number of benzene rings is 1. The third-order valence-corrected chi connectivity index (χ3v) is 6.65. The molecule has 13 heteroatoms. The van der Waals surface area contributed by atoms with E-state index in [4.69, 9.17) is 15.6 Å². The number of amides is 2. The van der Waals surface area contributed by atoms with E-state index in [9.17, 15) is 14.4 Å². The molecule has 42 heavy (non-hydrogen) atoms. The van der Waals surface area contributed by atoms with Crippen LogP contribution in [0.3, 0.4) is 0 Å². The second-order valence-electron chi connectivity index (χ2n) is 9.55. The van der Waals surface area contributed by atoms with Gasteiger partial charge in [0.15, 0.2) is 0 Å². The third-order valence-electron chi connectivity index (χ3n) is 6.65. The van der Waals surface area contributed by atoms with Crippen LogP contribution in [0.15, 0.2) is 54.3 Å². The van der Waals surface area contributed by atoms with Crippen LogP contribution >= 0.6 is 0 Å². The van der Waals surface area contributed by atoms with Crippen LogP contribution in [0.2, 0.25) is 0 Å². The molecule has 0 radical (unpaired) electrons. The Morgan fingerprint density at radius 3 is 2.64 bits per heavy atom. The normalized spacial score (nSPS) is 14.1. The van der Waals surface area contributed by atoms with Gasteiger partial charge in [0.2, 0.25) is 11.9 Å². The van der Waals surface area contributed by atoms with Gasteiger partial charge in [-0.3, -0.25) is 29.8 Å². The van der Waals surface area contributed by atoms with Crippen LogP contribution in [0.4, 0.5) is 10.7 Å². The number of hydrogen-bond acceptors (Lipinski definition) is 9. The first-order valence-corrected chi connectivity index (χ1v) is 13.5. The Morgan fingerprint density at radius 1 is 1.19 bits per heavy atom. The highest BCUT2D eigenvalue weighted by atomic mass is 16.5. The number of aliphatic carboxylic acids is 1. The molecule has 0 saturated carbocycles. The van der Waals surface area contributed by atoms with Gasteiger partial charge in [0.25, 0.3) is 0 Å². The van der Waals surface area contributed by atoms with Crippen molar-refractivity contribution >= 4 is 46.9 Å². The van der Waals surface area contributed by atoms with Gasteiger partial charge in [0.05, 0.1) is 35.5 Å². The number of carboxylic acid groups (broad SMARTS) is 1. The number of aliphatic imine (C=N–C) groups is 1. The molecule has 1 aromatic carbocycles. The van der Waals surface area contributed by atoms with E-state index in [1.165, 1.54) is 12.4 Å². The first-order valence-electron chi connectivity index (χ1n) is 13.5. The van der Waals surface area contributed by atoms with Gasteiger partial charge in [0.1, 0.15) is 0 Å². The molecule has 13 nitrogen and oxygen atoms in total. The fourth-order valence-electron chi connectivity index (χ4n) is 4.53. The highest BCUT2D eigenvalue weighted by Crippen LogP contribution is 2.31. The Bertz CT molecular complexity index is 1500. The number of carbonyl (C=O) groups excluding carboxylic acids is 2. The minimum atomic E-state index is -0.967. The number of piperazine rings is 1. The number of anilines is 1. The summed E-state index contributed by atoms with van der Waals surface area (Å²) in [4.78, 5) is 55.5. The first-order chi connectivity index (χ1) is 20.3. The fraction of sp³-hybridized carbons (Fsp3) is 0.310. The molecular formula is C29H34N8O5. The van der Waals surface area contributed by atoms with Crippen molar-refractivity contribution in [3.8, 4) is 11.1 Å². The second kappa shape index (κ2) is 14.0. The molecule has 2 amide bonds. The second-order valence-corrected chi connectivity index (χ2v) is 9.55. The van der Waals surface area contributed by atoms with Gasteiger partial charge in [-0.2, -0.15) is 0 Å². The number of aromatic nitrogens is 3. The topological polar surface area (TPSA) is 179 Å². The molecule has 1 fully saturated rings. The Morgan fingerprint density at radius 2 is 1.98 bits per heavy atom. The number of carbonyl (C=O) groups is 3. The van der Waals surface area contributed by atoms with Crippen molar-refractivity contribution in [2.24, 2.45) is 10.7 Å². The number of nitrogens with one attached hydrogen (secondary N) is 2. The maximum absolute atomic E-state index is 12.2. The first kappa shape index (κ1) is 29.9. The van der Waals surface area contributed by atoms with E-state index >= 15 is 0 Å². The Hall–Kier alpha value is -5.04. The average Bonchev–Trinajstić information content (AvgIpc) is 3.38. The number of pyridine rings is 1. The Balaban J connectivity index is 1.49. The van der Waals surface area contributed by atoms with Gasteiger partial charge in [0, 0.05) is 62.7 Å². The number of nitrogens with zero attached hydrogens (tertiary/aromatic N) is 5. The average molecular weight is 575 g/mol. The number of nitrogens with two attached hydrogens (primary N) is 1. The predicted octanol–water partition coefficient (Wildman–Crippen LogP) is 3.22. The SMILES string of the molecule is C=C(/N=C\C=C/N)c1cc(-c2ccc(CN3CCN(C(=O)CCC(=O)O)CC3)nc2)cc2nc(NC(=O)OCC)[nH]c12. The highest BCUT2D eigenvalue weighted by Gasteiger charge is 2.22. The fourth-order valence-corrected chi connectivity index (χ4v) is 4.53. The lowest BCUT2D eigenvalue weighted by molar-refractivity contribution is -0.141. The standard InChI is InChI=1S/C29H34N8O5/c1-3-42-29(41)35-28-33-24-16-21(15-23(27(24)34-28)19(2)31-10-4-9-30)20-5-6-22(32-17-20)18-36-11-13-37(14-12-36)25(38)7-8-26(39)40/h4-6,9-10,15-17H,2-3,7-8,11-14,18,30H2,1H3,(H,39,40)(H2,33,34,35,41)/b9-4-,31-10-. The smallest absolute Gasteiger partial charge is 0.413 e. The summed E-state index contributed by atoms with van der Waals surface area (Å²) in [5.74, 6) is -0.857. The van der Waals surface area contributed by atoms with Crippen molar-refractivity contribution in [3.63, 3.8) is 0 Å². The molecule has 220 valence electrons. The largest absolute Gasteiger partial charge is 0.481 e. The van der Waals surface area contributed by atoms with Crippen LogP contribution in [0.25, 0.3) is 27.9 Å². The summed E-state index contributed by atoms with van der Waals surface area (Å²) in [6, 6.07) is 7.75. The molecule has 0 spiro atoms. The Labute approximate surface area is 242 Å². The van der Waals surface area contributed by atoms with Crippen molar-refractivity contribution in [3.05, 3.63) is 60.6 Å². The zero-order valence-corrected chi connectivity index (χ0v) is 23.4. The van der Waals surface area contributed by atoms with Gasteiger partial charge < -0.3 is 25.5 Å². The predicted molar refractivity (Wildman–Crippen MR) is 160 cm³/mol. The lowest BCUT2D eigenvalue weighted by atomic mass is 10.0. The van der Waals surface area contributed by atoms with Crippen LogP contribution in [-0.4, -0.2) is 86.8 Å². The molecule has 3 aromatic rings. The van der Waals surface area contributed by atoms with Crippen molar-refractivity contribution in [1.29, 1.82) is 0 Å². The number of imidazole rings is 1. The van der Waals surface area contributed by atoms with E-state index in [0.717, 1.165) is 16.8 Å². The minimum Gasteiger partial charge on any atom is -0.481 e. The number of allylic oxidation sites excluding steroid dienone is 1. The summed E-state index contributed by atoms with van der Waals surface area (Å²) in [5, 5.41) is 11.4. The third kappa shape index (κ3) is 7.79. The van der Waals surface area contributed by atoms with E-state index in [1.807, 2.05) is 24.3 Å². The van der Waals surface area contributed by atoms with Gasteiger partial charge in [-0.05, 0) is 43.0 Å². The van der Waals surface area contributed by atoms with Crippen molar-refractivity contribution in [2.75, 3.05) is 38.1 Å².